The Morgan fingerprint density at radius 2 is 1.90 bits per heavy atom. The van der Waals surface area contributed by atoms with Gasteiger partial charge in [-0.1, -0.05) is 13.0 Å². The van der Waals surface area contributed by atoms with Crippen LogP contribution in [0.5, 0.6) is 0 Å². The van der Waals surface area contributed by atoms with Crippen LogP contribution < -0.4 is 20.4 Å². The number of morpholine rings is 1. The molecule has 39 heavy (non-hydrogen) atoms. The second-order valence-electron chi connectivity index (χ2n) is 11.2. The Labute approximate surface area is 230 Å². The SMILES string of the molecule is CC1CN(c2ccc(C#N)c3ncccc23)CC(CN2CCN(c3cccc(NC4CNCC4C)n3)CC2)O1. The van der Waals surface area contributed by atoms with Gasteiger partial charge in [0.25, 0.3) is 0 Å². The van der Waals surface area contributed by atoms with Crippen LogP contribution in [0, 0.1) is 17.2 Å². The van der Waals surface area contributed by atoms with Crippen molar-refractivity contribution in [2.75, 3.05) is 74.0 Å². The maximum atomic E-state index is 9.53. The number of fused-ring (bicyclic) bond motifs is 1. The Balaban J connectivity index is 1.07. The molecule has 9 heteroatoms. The van der Waals surface area contributed by atoms with Gasteiger partial charge in [0.05, 0.1) is 23.3 Å². The predicted molar refractivity (Wildman–Crippen MR) is 155 cm³/mol. The molecule has 3 aliphatic heterocycles. The minimum atomic E-state index is 0.121. The van der Waals surface area contributed by atoms with E-state index in [-0.39, 0.29) is 12.2 Å². The van der Waals surface area contributed by atoms with E-state index in [1.54, 1.807) is 6.20 Å². The number of nitriles is 1. The molecule has 3 aliphatic rings. The number of hydrogen-bond acceptors (Lipinski definition) is 9. The van der Waals surface area contributed by atoms with Crippen molar-refractivity contribution in [3.8, 4) is 6.07 Å². The number of rotatable bonds is 6. The van der Waals surface area contributed by atoms with Crippen LogP contribution in [0.2, 0.25) is 0 Å². The van der Waals surface area contributed by atoms with Crippen molar-refractivity contribution in [2.45, 2.75) is 32.1 Å². The summed E-state index contributed by atoms with van der Waals surface area (Å²) in [7, 11) is 0. The first-order valence-electron chi connectivity index (χ1n) is 14.2. The van der Waals surface area contributed by atoms with Gasteiger partial charge in [0.1, 0.15) is 17.7 Å². The molecule has 5 heterocycles. The Morgan fingerprint density at radius 1 is 1.03 bits per heavy atom. The first kappa shape index (κ1) is 25.8. The minimum Gasteiger partial charge on any atom is -0.370 e. The zero-order chi connectivity index (χ0) is 26.8. The van der Waals surface area contributed by atoms with Crippen molar-refractivity contribution in [2.24, 2.45) is 5.92 Å². The maximum absolute atomic E-state index is 9.53. The van der Waals surface area contributed by atoms with E-state index in [1.807, 2.05) is 12.1 Å². The number of anilines is 3. The van der Waals surface area contributed by atoms with Crippen LogP contribution in [0.25, 0.3) is 10.9 Å². The molecular weight excluding hydrogens is 488 g/mol. The molecule has 2 aromatic heterocycles. The number of pyridine rings is 2. The van der Waals surface area contributed by atoms with Crippen LogP contribution >= 0.6 is 0 Å². The van der Waals surface area contributed by atoms with Gasteiger partial charge in [-0.15, -0.1) is 0 Å². The third-order valence-corrected chi connectivity index (χ3v) is 8.28. The summed E-state index contributed by atoms with van der Waals surface area (Å²) in [6.45, 7) is 12.9. The summed E-state index contributed by atoms with van der Waals surface area (Å²) in [5.74, 6) is 2.62. The van der Waals surface area contributed by atoms with Gasteiger partial charge in [-0.2, -0.15) is 5.26 Å². The van der Waals surface area contributed by atoms with E-state index in [0.29, 0.717) is 17.5 Å². The maximum Gasteiger partial charge on any atom is 0.131 e. The highest BCUT2D eigenvalue weighted by Gasteiger charge is 2.30. The van der Waals surface area contributed by atoms with Gasteiger partial charge in [0.15, 0.2) is 0 Å². The number of aromatic nitrogens is 2. The van der Waals surface area contributed by atoms with Crippen molar-refractivity contribution in [3.05, 3.63) is 54.2 Å². The van der Waals surface area contributed by atoms with E-state index in [4.69, 9.17) is 9.72 Å². The quantitative estimate of drug-likeness (QED) is 0.503. The van der Waals surface area contributed by atoms with Crippen LogP contribution in [0.4, 0.5) is 17.3 Å². The molecule has 0 bridgehead atoms. The van der Waals surface area contributed by atoms with E-state index in [9.17, 15) is 5.26 Å². The number of nitrogens with one attached hydrogen (secondary N) is 2. The summed E-state index contributed by atoms with van der Waals surface area (Å²) < 4.78 is 6.41. The molecule has 204 valence electrons. The van der Waals surface area contributed by atoms with Crippen molar-refractivity contribution in [3.63, 3.8) is 0 Å². The summed E-state index contributed by atoms with van der Waals surface area (Å²) >= 11 is 0. The summed E-state index contributed by atoms with van der Waals surface area (Å²) in [4.78, 5) is 16.8. The third-order valence-electron chi connectivity index (χ3n) is 8.28. The molecule has 0 spiro atoms. The zero-order valence-electron chi connectivity index (χ0n) is 22.9. The summed E-state index contributed by atoms with van der Waals surface area (Å²) in [6.07, 6.45) is 2.01. The first-order valence-corrected chi connectivity index (χ1v) is 14.2. The first-order chi connectivity index (χ1) is 19.1. The third kappa shape index (κ3) is 5.64. The number of benzene rings is 1. The van der Waals surface area contributed by atoms with Gasteiger partial charge in [0.2, 0.25) is 0 Å². The standard InChI is InChI=1S/C30H38N8O/c1-21-16-32-17-26(21)34-28-6-3-7-29(35-28)37-13-11-36(12-14-37)19-24-20-38(18-22(2)39-24)27-9-8-23(15-31)30-25(27)5-4-10-33-30/h3-10,21-22,24,26,32H,11-14,16-20H2,1-2H3,(H,34,35). The van der Waals surface area contributed by atoms with Gasteiger partial charge in [0, 0.05) is 75.7 Å². The number of piperazine rings is 1. The molecule has 0 saturated carbocycles. The van der Waals surface area contributed by atoms with E-state index in [2.05, 4.69) is 80.6 Å². The average Bonchev–Trinajstić information content (AvgIpc) is 3.36. The monoisotopic (exact) mass is 526 g/mol. The lowest BCUT2D eigenvalue weighted by Gasteiger charge is -2.42. The zero-order valence-corrected chi connectivity index (χ0v) is 22.9. The molecule has 0 amide bonds. The highest BCUT2D eigenvalue weighted by Crippen LogP contribution is 2.30. The van der Waals surface area contributed by atoms with Crippen LogP contribution in [0.1, 0.15) is 19.4 Å². The molecule has 4 unspecified atom stereocenters. The summed E-state index contributed by atoms with van der Waals surface area (Å²) in [5.41, 5.74) is 2.52. The minimum absolute atomic E-state index is 0.121. The number of ether oxygens (including phenoxy) is 1. The molecule has 6 rings (SSSR count). The van der Waals surface area contributed by atoms with Crippen molar-refractivity contribution < 1.29 is 4.74 Å². The van der Waals surface area contributed by atoms with Crippen LogP contribution in [0.3, 0.4) is 0 Å². The lowest BCUT2D eigenvalue weighted by atomic mass is 10.1. The number of hydrogen-bond donors (Lipinski definition) is 2. The molecule has 9 nitrogen and oxygen atoms in total. The fourth-order valence-electron chi connectivity index (χ4n) is 6.19. The predicted octanol–water partition coefficient (Wildman–Crippen LogP) is 2.94. The molecule has 3 aromatic rings. The van der Waals surface area contributed by atoms with Crippen molar-refractivity contribution in [1.29, 1.82) is 5.26 Å². The van der Waals surface area contributed by atoms with E-state index < -0.39 is 0 Å². The van der Waals surface area contributed by atoms with Gasteiger partial charge < -0.3 is 25.2 Å². The van der Waals surface area contributed by atoms with Gasteiger partial charge >= 0.3 is 0 Å². The van der Waals surface area contributed by atoms with E-state index in [1.165, 1.54) is 0 Å². The molecule has 2 N–H and O–H groups in total. The highest BCUT2D eigenvalue weighted by molar-refractivity contribution is 5.95. The normalized spacial score (nSPS) is 26.1. The van der Waals surface area contributed by atoms with E-state index >= 15 is 0 Å². The molecule has 0 radical (unpaired) electrons. The Hall–Kier alpha value is -3.45. The smallest absolute Gasteiger partial charge is 0.131 e. The lowest BCUT2D eigenvalue weighted by molar-refractivity contribution is -0.0327. The van der Waals surface area contributed by atoms with Crippen LogP contribution in [-0.2, 0) is 4.74 Å². The van der Waals surface area contributed by atoms with Gasteiger partial charge in [-0.25, -0.2) is 4.98 Å². The van der Waals surface area contributed by atoms with Crippen molar-refractivity contribution >= 4 is 28.2 Å². The second-order valence-corrected chi connectivity index (χ2v) is 11.2. The topological polar surface area (TPSA) is 92.6 Å². The summed E-state index contributed by atoms with van der Waals surface area (Å²) in [5, 5.41) is 17.6. The molecule has 3 fully saturated rings. The lowest BCUT2D eigenvalue weighted by Crippen LogP contribution is -2.54. The van der Waals surface area contributed by atoms with Crippen molar-refractivity contribution in [1.82, 2.24) is 20.2 Å². The molecule has 1 aromatic carbocycles. The van der Waals surface area contributed by atoms with E-state index in [0.717, 1.165) is 87.1 Å². The molecule has 0 aliphatic carbocycles. The summed E-state index contributed by atoms with van der Waals surface area (Å²) in [6, 6.07) is 17.0. The second kappa shape index (κ2) is 11.3. The van der Waals surface area contributed by atoms with Gasteiger partial charge in [-0.3, -0.25) is 9.88 Å². The fourth-order valence-corrected chi connectivity index (χ4v) is 6.19. The fraction of sp³-hybridized carbons (Fsp3) is 0.500. The highest BCUT2D eigenvalue weighted by atomic mass is 16.5. The Kier molecular flexibility index (Phi) is 7.51. The van der Waals surface area contributed by atoms with Gasteiger partial charge in [-0.05, 0) is 55.8 Å². The Morgan fingerprint density at radius 3 is 2.69 bits per heavy atom. The number of nitrogens with zero attached hydrogens (tertiary/aromatic N) is 6. The average molecular weight is 527 g/mol. The molecular formula is C30H38N8O. The van der Waals surface area contributed by atoms with Crippen LogP contribution in [0.15, 0.2) is 48.7 Å². The molecule has 4 atom stereocenters. The molecule has 3 saturated heterocycles. The van der Waals surface area contributed by atoms with Crippen LogP contribution in [-0.4, -0.2) is 92.0 Å². The Bertz CT molecular complexity index is 1330. The largest absolute Gasteiger partial charge is 0.370 e.